The third-order valence-corrected chi connectivity index (χ3v) is 7.80. The predicted molar refractivity (Wildman–Crippen MR) is 140 cm³/mol. The number of unbranched alkanes of at least 4 members (excludes halogenated alkanes) is 3. The highest BCUT2D eigenvalue weighted by molar-refractivity contribution is 7.85. The molecule has 5 rings (SSSR count). The lowest BCUT2D eigenvalue weighted by atomic mass is 10.0. The minimum absolute atomic E-state index is 0.907. The summed E-state index contributed by atoms with van der Waals surface area (Å²) < 4.78 is 13.9. The molecular weight excluding hydrogens is 422 g/mol. The van der Waals surface area contributed by atoms with E-state index in [0.717, 1.165) is 56.4 Å². The summed E-state index contributed by atoms with van der Waals surface area (Å²) in [5, 5.41) is 0. The van der Waals surface area contributed by atoms with Crippen LogP contribution in [0.2, 0.25) is 0 Å². The van der Waals surface area contributed by atoms with Crippen LogP contribution >= 0.6 is 0 Å². The van der Waals surface area contributed by atoms with Gasteiger partial charge in [-0.15, -0.1) is 0 Å². The van der Waals surface area contributed by atoms with Crippen molar-refractivity contribution in [3.05, 3.63) is 97.1 Å². The Hall–Kier alpha value is -3.17. The van der Waals surface area contributed by atoms with Crippen molar-refractivity contribution in [1.29, 1.82) is 0 Å². The number of benzene rings is 4. The Balaban J connectivity index is 1.59. The molecule has 4 aromatic carbocycles. The quantitative estimate of drug-likeness (QED) is 0.264. The molecule has 3 heteroatoms. The minimum Gasteiger partial charge on any atom is -0.339 e. The van der Waals surface area contributed by atoms with E-state index in [4.69, 9.17) is 0 Å². The van der Waals surface area contributed by atoms with Crippen LogP contribution in [0.15, 0.2) is 107 Å². The largest absolute Gasteiger partial charge is 0.339 e. The van der Waals surface area contributed by atoms with Gasteiger partial charge in [-0.05, 0) is 52.9 Å². The summed E-state index contributed by atoms with van der Waals surface area (Å²) in [5.74, 6) is 0. The van der Waals surface area contributed by atoms with Gasteiger partial charge in [-0.25, -0.2) is 4.21 Å². The van der Waals surface area contributed by atoms with E-state index in [1.54, 1.807) is 0 Å². The normalized spacial score (nSPS) is 12.9. The molecule has 0 radical (unpaired) electrons. The summed E-state index contributed by atoms with van der Waals surface area (Å²) >= 11 is 0. The molecule has 0 amide bonds. The smallest absolute Gasteiger partial charge is 0.0892 e. The molecule has 33 heavy (non-hydrogen) atoms. The fourth-order valence-corrected chi connectivity index (χ4v) is 6.02. The summed E-state index contributed by atoms with van der Waals surface area (Å²) in [6.45, 7) is 3.18. The summed E-state index contributed by atoms with van der Waals surface area (Å²) in [6.07, 6.45) is 4.81. The summed E-state index contributed by atoms with van der Waals surface area (Å²) in [4.78, 5) is 4.19. The van der Waals surface area contributed by atoms with Gasteiger partial charge in [0.05, 0.1) is 32.0 Å². The maximum absolute atomic E-state index is 13.9. The number of nitrogens with zero attached hydrogens (tertiary/aromatic N) is 1. The monoisotopic (exact) mass is 451 g/mol. The second-order valence-corrected chi connectivity index (χ2v) is 10.00. The number of rotatable bonds is 7. The second kappa shape index (κ2) is 9.76. The Morgan fingerprint density at radius 2 is 1.12 bits per heavy atom. The average Bonchev–Trinajstić information content (AvgIpc) is 2.89. The van der Waals surface area contributed by atoms with Crippen LogP contribution in [0, 0.1) is 0 Å². The minimum atomic E-state index is -1.23. The van der Waals surface area contributed by atoms with E-state index >= 15 is 0 Å². The van der Waals surface area contributed by atoms with Crippen molar-refractivity contribution in [3.8, 4) is 22.3 Å². The molecule has 0 aliphatic carbocycles. The summed E-state index contributed by atoms with van der Waals surface area (Å²) in [6, 6.07) is 33.6. The highest BCUT2D eigenvalue weighted by atomic mass is 32.2. The van der Waals surface area contributed by atoms with Gasteiger partial charge in [0.1, 0.15) is 0 Å². The van der Waals surface area contributed by atoms with Crippen molar-refractivity contribution in [2.75, 3.05) is 11.4 Å². The van der Waals surface area contributed by atoms with Crippen LogP contribution in [0.1, 0.15) is 32.6 Å². The Morgan fingerprint density at radius 1 is 0.606 bits per heavy atom. The maximum Gasteiger partial charge on any atom is 0.0892 e. The van der Waals surface area contributed by atoms with Gasteiger partial charge in [0, 0.05) is 6.54 Å². The van der Waals surface area contributed by atoms with Crippen LogP contribution in [0.25, 0.3) is 22.3 Å². The van der Waals surface area contributed by atoms with E-state index in [1.165, 1.54) is 19.3 Å². The third kappa shape index (κ3) is 4.38. The van der Waals surface area contributed by atoms with Crippen LogP contribution in [-0.2, 0) is 10.8 Å². The van der Waals surface area contributed by atoms with Crippen LogP contribution in [0.3, 0.4) is 0 Å². The highest BCUT2D eigenvalue weighted by Gasteiger charge is 2.28. The Bertz CT molecular complexity index is 1170. The zero-order valence-corrected chi connectivity index (χ0v) is 19.9. The van der Waals surface area contributed by atoms with Gasteiger partial charge < -0.3 is 4.90 Å². The van der Waals surface area contributed by atoms with E-state index in [9.17, 15) is 4.21 Å². The first-order chi connectivity index (χ1) is 16.3. The van der Waals surface area contributed by atoms with Gasteiger partial charge in [0.25, 0.3) is 0 Å². The van der Waals surface area contributed by atoms with Gasteiger partial charge in [-0.2, -0.15) is 0 Å². The fraction of sp³-hybridized carbons (Fsp3) is 0.200. The van der Waals surface area contributed by atoms with Crippen LogP contribution in [-0.4, -0.2) is 10.8 Å². The van der Waals surface area contributed by atoms with Gasteiger partial charge >= 0.3 is 0 Å². The summed E-state index contributed by atoms with van der Waals surface area (Å²) in [5.41, 5.74) is 6.66. The lowest BCUT2D eigenvalue weighted by Gasteiger charge is -2.33. The molecule has 166 valence electrons. The van der Waals surface area contributed by atoms with Gasteiger partial charge in [0.2, 0.25) is 0 Å². The van der Waals surface area contributed by atoms with Gasteiger partial charge in [-0.1, -0.05) is 99.0 Å². The molecule has 1 aliphatic rings. The van der Waals surface area contributed by atoms with Crippen LogP contribution in [0.4, 0.5) is 11.4 Å². The van der Waals surface area contributed by atoms with E-state index in [1.807, 2.05) is 36.4 Å². The lowest BCUT2D eigenvalue weighted by Crippen LogP contribution is -2.25. The molecule has 1 aliphatic heterocycles. The molecule has 2 nitrogen and oxygen atoms in total. The molecular formula is C30H29NOS. The van der Waals surface area contributed by atoms with E-state index < -0.39 is 10.8 Å². The number of anilines is 2. The van der Waals surface area contributed by atoms with Crippen molar-refractivity contribution in [1.82, 2.24) is 0 Å². The second-order valence-electron chi connectivity index (χ2n) is 8.58. The molecule has 0 bridgehead atoms. The standard InChI is InChI=1S/C30H29NOS/c1-2-3-4-11-20-31-27-18-16-25(23-12-7-5-8-13-23)21-29(27)33(32)30-22-26(17-19-28(30)31)24-14-9-6-10-15-24/h5-10,12-19,21-22H,2-4,11,20H2,1H3. The highest BCUT2D eigenvalue weighted by Crippen LogP contribution is 2.44. The first kappa shape index (κ1) is 21.7. The van der Waals surface area contributed by atoms with Crippen molar-refractivity contribution in [2.24, 2.45) is 0 Å². The zero-order valence-electron chi connectivity index (χ0n) is 19.0. The Morgan fingerprint density at radius 3 is 1.61 bits per heavy atom. The molecule has 4 aromatic rings. The van der Waals surface area contributed by atoms with Crippen LogP contribution < -0.4 is 4.90 Å². The molecule has 0 saturated carbocycles. The van der Waals surface area contributed by atoms with E-state index in [-0.39, 0.29) is 0 Å². The first-order valence-corrected chi connectivity index (χ1v) is 13.0. The topological polar surface area (TPSA) is 20.3 Å². The molecule has 0 N–H and O–H groups in total. The van der Waals surface area contributed by atoms with E-state index in [2.05, 4.69) is 72.5 Å². The molecule has 0 saturated heterocycles. The molecule has 0 atom stereocenters. The number of hydrogen-bond donors (Lipinski definition) is 0. The van der Waals surface area contributed by atoms with Crippen molar-refractivity contribution in [2.45, 2.75) is 42.4 Å². The molecule has 0 aromatic heterocycles. The van der Waals surface area contributed by atoms with Gasteiger partial charge in [-0.3, -0.25) is 0 Å². The maximum atomic E-state index is 13.9. The van der Waals surface area contributed by atoms with Crippen molar-refractivity contribution in [3.63, 3.8) is 0 Å². The molecule has 0 spiro atoms. The third-order valence-electron chi connectivity index (χ3n) is 6.35. The first-order valence-electron chi connectivity index (χ1n) is 11.8. The summed E-state index contributed by atoms with van der Waals surface area (Å²) in [7, 11) is -1.23. The molecule has 0 fully saturated rings. The van der Waals surface area contributed by atoms with E-state index in [0.29, 0.717) is 0 Å². The van der Waals surface area contributed by atoms with Gasteiger partial charge in [0.15, 0.2) is 0 Å². The average molecular weight is 452 g/mol. The molecule has 1 heterocycles. The Kier molecular flexibility index (Phi) is 6.41. The van der Waals surface area contributed by atoms with Crippen molar-refractivity contribution >= 4 is 22.2 Å². The SMILES string of the molecule is CCCCCCN1c2ccc(-c3ccccc3)cc2S(=O)c2cc(-c3ccccc3)ccc21. The Labute approximate surface area is 199 Å². The zero-order chi connectivity index (χ0) is 22.6. The van der Waals surface area contributed by atoms with Crippen LogP contribution in [0.5, 0.6) is 0 Å². The predicted octanol–water partition coefficient (Wildman–Crippen LogP) is 8.22. The fourth-order valence-electron chi connectivity index (χ4n) is 4.58. The lowest BCUT2D eigenvalue weighted by molar-refractivity contribution is 0.661. The number of hydrogen-bond acceptors (Lipinski definition) is 2. The molecule has 0 unspecified atom stereocenters. The number of fused-ring (bicyclic) bond motifs is 2. The van der Waals surface area contributed by atoms with Crippen molar-refractivity contribution < 1.29 is 4.21 Å².